The Balaban J connectivity index is 2.62. The van der Waals surface area contributed by atoms with E-state index in [2.05, 4.69) is 27.3 Å². The smallest absolute Gasteiger partial charge is 0.0551 e. The number of rotatable bonds is 0. The zero-order valence-electron chi connectivity index (χ0n) is 5.82. The third-order valence-electron chi connectivity index (χ3n) is 1.91. The molecule has 0 radical (unpaired) electrons. The van der Waals surface area contributed by atoms with Crippen LogP contribution in [0.4, 0.5) is 0 Å². The summed E-state index contributed by atoms with van der Waals surface area (Å²) in [6.45, 7) is 1.89. The maximum absolute atomic E-state index is 5.92. The van der Waals surface area contributed by atoms with Gasteiger partial charge in [0.25, 0.3) is 0 Å². The van der Waals surface area contributed by atoms with Crippen molar-refractivity contribution in [3.05, 3.63) is 32.8 Å². The molecule has 3 heteroatoms. The summed E-state index contributed by atoms with van der Waals surface area (Å²) in [6.07, 6.45) is 0. The molecule has 0 bridgehead atoms. The molecule has 1 nitrogen and oxygen atoms in total. The van der Waals surface area contributed by atoms with Crippen molar-refractivity contribution in [1.29, 1.82) is 0 Å². The van der Waals surface area contributed by atoms with Crippen molar-refractivity contribution in [2.24, 2.45) is 0 Å². The van der Waals surface area contributed by atoms with Gasteiger partial charge in [0, 0.05) is 17.6 Å². The number of hydrogen-bond acceptors (Lipinski definition) is 1. The lowest BCUT2D eigenvalue weighted by atomic mass is 10.1. The van der Waals surface area contributed by atoms with Crippen molar-refractivity contribution in [3.63, 3.8) is 0 Å². The number of halogens is 2. The van der Waals surface area contributed by atoms with Gasteiger partial charge in [-0.1, -0.05) is 17.7 Å². The molecule has 1 aliphatic rings. The number of hydrogen-bond donors (Lipinski definition) is 1. The van der Waals surface area contributed by atoms with Crippen LogP contribution in [0.3, 0.4) is 0 Å². The highest BCUT2D eigenvalue weighted by molar-refractivity contribution is 9.10. The minimum absolute atomic E-state index is 0.799. The van der Waals surface area contributed by atoms with E-state index >= 15 is 0 Å². The Labute approximate surface area is 78.9 Å². The van der Waals surface area contributed by atoms with Crippen molar-refractivity contribution >= 4 is 27.5 Å². The Morgan fingerprint density at radius 3 is 3.00 bits per heavy atom. The lowest BCUT2D eigenvalue weighted by Crippen LogP contribution is -2.00. The fourth-order valence-electron chi connectivity index (χ4n) is 1.31. The Morgan fingerprint density at radius 1 is 1.36 bits per heavy atom. The van der Waals surface area contributed by atoms with Crippen LogP contribution < -0.4 is 5.32 Å². The average Bonchev–Trinajstić information content (AvgIpc) is 2.45. The van der Waals surface area contributed by atoms with Crippen LogP contribution in [0.15, 0.2) is 16.6 Å². The van der Waals surface area contributed by atoms with E-state index in [1.165, 1.54) is 11.1 Å². The molecular weight excluding hydrogens is 225 g/mol. The lowest BCUT2D eigenvalue weighted by molar-refractivity contribution is 0.764. The quantitative estimate of drug-likeness (QED) is 0.725. The summed E-state index contributed by atoms with van der Waals surface area (Å²) in [7, 11) is 0. The van der Waals surface area contributed by atoms with Crippen LogP contribution >= 0.6 is 27.5 Å². The van der Waals surface area contributed by atoms with Gasteiger partial charge in [-0.15, -0.1) is 0 Å². The number of nitrogens with one attached hydrogen (secondary N) is 1. The predicted octanol–water partition coefficient (Wildman–Crippen LogP) is 2.71. The molecule has 0 atom stereocenters. The third kappa shape index (κ3) is 1.19. The first kappa shape index (κ1) is 7.59. The van der Waals surface area contributed by atoms with Crippen molar-refractivity contribution in [2.75, 3.05) is 0 Å². The molecule has 2 rings (SSSR count). The van der Waals surface area contributed by atoms with Gasteiger partial charge in [0.15, 0.2) is 0 Å². The molecule has 58 valence electrons. The molecule has 0 amide bonds. The first-order valence-corrected chi connectivity index (χ1v) is 4.62. The average molecular weight is 233 g/mol. The maximum Gasteiger partial charge on any atom is 0.0551 e. The third-order valence-corrected chi connectivity index (χ3v) is 3.36. The molecule has 1 aromatic rings. The van der Waals surface area contributed by atoms with Crippen LogP contribution in [-0.2, 0) is 13.1 Å². The van der Waals surface area contributed by atoms with Crippen LogP contribution in [0, 0.1) is 0 Å². The molecule has 0 unspecified atom stereocenters. The van der Waals surface area contributed by atoms with Gasteiger partial charge in [-0.05, 0) is 33.1 Å². The molecule has 1 N–H and O–H groups in total. The number of benzene rings is 1. The molecule has 11 heavy (non-hydrogen) atoms. The van der Waals surface area contributed by atoms with Crippen LogP contribution in [0.1, 0.15) is 11.1 Å². The second-order valence-electron chi connectivity index (χ2n) is 2.60. The zero-order valence-corrected chi connectivity index (χ0v) is 8.17. The molecular formula is C8H7BrClN. The lowest BCUT2D eigenvalue weighted by Gasteiger charge is -2.01. The van der Waals surface area contributed by atoms with E-state index in [4.69, 9.17) is 11.6 Å². The van der Waals surface area contributed by atoms with E-state index in [-0.39, 0.29) is 0 Å². The van der Waals surface area contributed by atoms with Crippen molar-refractivity contribution in [2.45, 2.75) is 13.1 Å². The monoisotopic (exact) mass is 231 g/mol. The Hall–Kier alpha value is -0.0500. The topological polar surface area (TPSA) is 12.0 Å². The van der Waals surface area contributed by atoms with Gasteiger partial charge in [0.1, 0.15) is 0 Å². The molecule has 0 spiro atoms. The maximum atomic E-state index is 5.92. The minimum atomic E-state index is 0.799. The molecule has 1 heterocycles. The highest BCUT2D eigenvalue weighted by atomic mass is 79.9. The van der Waals surface area contributed by atoms with E-state index in [1.54, 1.807) is 0 Å². The molecule has 0 fully saturated rings. The van der Waals surface area contributed by atoms with Crippen LogP contribution in [0.5, 0.6) is 0 Å². The molecule has 1 aromatic carbocycles. The van der Waals surface area contributed by atoms with Crippen LogP contribution in [-0.4, -0.2) is 0 Å². The fourth-order valence-corrected chi connectivity index (χ4v) is 2.02. The van der Waals surface area contributed by atoms with Gasteiger partial charge >= 0.3 is 0 Å². The summed E-state index contributed by atoms with van der Waals surface area (Å²) in [5.41, 5.74) is 2.65. The van der Waals surface area contributed by atoms with Gasteiger partial charge < -0.3 is 5.32 Å². The van der Waals surface area contributed by atoms with Gasteiger partial charge in [-0.3, -0.25) is 0 Å². The highest BCUT2D eigenvalue weighted by Gasteiger charge is 2.14. The molecule has 0 aliphatic carbocycles. The number of fused-ring (bicyclic) bond motifs is 1. The summed E-state index contributed by atoms with van der Waals surface area (Å²) in [5, 5.41) is 4.07. The SMILES string of the molecule is Clc1ccc2c(c1Br)CNC2. The summed E-state index contributed by atoms with van der Waals surface area (Å²) in [6, 6.07) is 4.00. The standard InChI is InChI=1S/C8H7BrClN/c9-8-6-4-11-3-5(6)1-2-7(8)10/h1-2,11H,3-4H2. The fraction of sp³-hybridized carbons (Fsp3) is 0.250. The second-order valence-corrected chi connectivity index (χ2v) is 3.80. The predicted molar refractivity (Wildman–Crippen MR) is 49.7 cm³/mol. The van der Waals surface area contributed by atoms with E-state index in [9.17, 15) is 0 Å². The van der Waals surface area contributed by atoms with Crippen LogP contribution in [0.2, 0.25) is 5.02 Å². The first-order chi connectivity index (χ1) is 5.29. The largest absolute Gasteiger partial charge is 0.309 e. The van der Waals surface area contributed by atoms with Gasteiger partial charge in [0.2, 0.25) is 0 Å². The first-order valence-electron chi connectivity index (χ1n) is 3.45. The highest BCUT2D eigenvalue weighted by Crippen LogP contribution is 2.31. The molecule has 0 saturated carbocycles. The van der Waals surface area contributed by atoms with Gasteiger partial charge in [0.05, 0.1) is 5.02 Å². The van der Waals surface area contributed by atoms with Crippen LogP contribution in [0.25, 0.3) is 0 Å². The van der Waals surface area contributed by atoms with Gasteiger partial charge in [-0.2, -0.15) is 0 Å². The van der Waals surface area contributed by atoms with Gasteiger partial charge in [-0.25, -0.2) is 0 Å². The zero-order chi connectivity index (χ0) is 7.84. The Morgan fingerprint density at radius 2 is 2.18 bits per heavy atom. The summed E-state index contributed by atoms with van der Waals surface area (Å²) < 4.78 is 1.04. The Kier molecular flexibility index (Phi) is 1.91. The minimum Gasteiger partial charge on any atom is -0.309 e. The summed E-state index contributed by atoms with van der Waals surface area (Å²) >= 11 is 9.38. The normalized spacial score (nSPS) is 15.1. The summed E-state index contributed by atoms with van der Waals surface area (Å²) in [4.78, 5) is 0. The van der Waals surface area contributed by atoms with E-state index in [0.29, 0.717) is 0 Å². The van der Waals surface area contributed by atoms with Crippen molar-refractivity contribution < 1.29 is 0 Å². The van der Waals surface area contributed by atoms with E-state index in [0.717, 1.165) is 22.6 Å². The Bertz CT molecular complexity index is 298. The molecule has 1 aliphatic heterocycles. The van der Waals surface area contributed by atoms with Crippen molar-refractivity contribution in [1.82, 2.24) is 5.32 Å². The van der Waals surface area contributed by atoms with E-state index < -0.39 is 0 Å². The summed E-state index contributed by atoms with van der Waals surface area (Å²) in [5.74, 6) is 0. The molecule has 0 aromatic heterocycles. The van der Waals surface area contributed by atoms with E-state index in [1.807, 2.05) is 6.07 Å². The second kappa shape index (κ2) is 2.77. The molecule has 0 saturated heterocycles. The van der Waals surface area contributed by atoms with Crippen molar-refractivity contribution in [3.8, 4) is 0 Å².